The summed E-state index contributed by atoms with van der Waals surface area (Å²) in [7, 11) is 0. The molecule has 0 aliphatic carbocycles. The average molecular weight is 430 g/mol. The maximum absolute atomic E-state index is 11.7. The number of hydrazone groups is 1. The SMILES string of the molecule is Cc1cccc(C)c1OCC(=O)N/N=C/c1cc(Br)c(Br)o1. The molecule has 0 atom stereocenters. The summed E-state index contributed by atoms with van der Waals surface area (Å²) in [5.74, 6) is 0.888. The monoisotopic (exact) mass is 428 g/mol. The Morgan fingerprint density at radius 3 is 2.64 bits per heavy atom. The van der Waals surface area contributed by atoms with E-state index in [9.17, 15) is 4.79 Å². The Bertz CT molecular complexity index is 671. The predicted octanol–water partition coefficient (Wildman–Crippen LogP) is 3.95. The van der Waals surface area contributed by atoms with E-state index in [2.05, 4.69) is 42.4 Å². The van der Waals surface area contributed by atoms with Crippen LogP contribution in [0.3, 0.4) is 0 Å². The van der Waals surface area contributed by atoms with Gasteiger partial charge in [0.25, 0.3) is 5.91 Å². The van der Waals surface area contributed by atoms with Gasteiger partial charge in [0.2, 0.25) is 0 Å². The number of carbonyl (C=O) groups excluding carboxylic acids is 1. The van der Waals surface area contributed by atoms with E-state index in [1.807, 2.05) is 32.0 Å². The molecule has 22 heavy (non-hydrogen) atoms. The van der Waals surface area contributed by atoms with E-state index in [-0.39, 0.29) is 12.5 Å². The number of nitrogens with zero attached hydrogens (tertiary/aromatic N) is 1. The highest BCUT2D eigenvalue weighted by atomic mass is 79.9. The first-order valence-electron chi connectivity index (χ1n) is 6.43. The Labute approximate surface area is 145 Å². The van der Waals surface area contributed by atoms with Crippen molar-refractivity contribution in [2.75, 3.05) is 6.61 Å². The van der Waals surface area contributed by atoms with Crippen LogP contribution in [0, 0.1) is 13.8 Å². The Hall–Kier alpha value is -1.60. The summed E-state index contributed by atoms with van der Waals surface area (Å²) in [6.07, 6.45) is 1.41. The molecule has 0 spiro atoms. The highest BCUT2D eigenvalue weighted by Gasteiger charge is 2.07. The van der Waals surface area contributed by atoms with E-state index in [4.69, 9.17) is 9.15 Å². The largest absolute Gasteiger partial charge is 0.483 e. The van der Waals surface area contributed by atoms with Crippen molar-refractivity contribution < 1.29 is 13.9 Å². The van der Waals surface area contributed by atoms with Gasteiger partial charge in [0, 0.05) is 6.07 Å². The van der Waals surface area contributed by atoms with Gasteiger partial charge in [-0.05, 0) is 56.8 Å². The van der Waals surface area contributed by atoms with Crippen molar-refractivity contribution in [1.29, 1.82) is 0 Å². The highest BCUT2D eigenvalue weighted by Crippen LogP contribution is 2.25. The van der Waals surface area contributed by atoms with Crippen molar-refractivity contribution in [2.45, 2.75) is 13.8 Å². The minimum atomic E-state index is -0.344. The van der Waals surface area contributed by atoms with Gasteiger partial charge in [-0.3, -0.25) is 4.79 Å². The second kappa shape index (κ2) is 7.60. The van der Waals surface area contributed by atoms with E-state index in [0.717, 1.165) is 21.3 Å². The van der Waals surface area contributed by atoms with Crippen molar-refractivity contribution >= 4 is 44.0 Å². The first kappa shape index (κ1) is 16.8. The molecule has 1 heterocycles. The van der Waals surface area contributed by atoms with Crippen molar-refractivity contribution in [3.63, 3.8) is 0 Å². The Morgan fingerprint density at radius 1 is 1.36 bits per heavy atom. The van der Waals surface area contributed by atoms with E-state index in [0.29, 0.717) is 10.4 Å². The van der Waals surface area contributed by atoms with E-state index < -0.39 is 0 Å². The Morgan fingerprint density at radius 2 is 2.05 bits per heavy atom. The van der Waals surface area contributed by atoms with Gasteiger partial charge in [-0.2, -0.15) is 5.10 Å². The van der Waals surface area contributed by atoms with Gasteiger partial charge >= 0.3 is 0 Å². The maximum Gasteiger partial charge on any atom is 0.277 e. The zero-order valence-corrected chi connectivity index (χ0v) is 15.2. The molecule has 0 radical (unpaired) electrons. The van der Waals surface area contributed by atoms with E-state index >= 15 is 0 Å². The fourth-order valence-corrected chi connectivity index (χ4v) is 2.40. The lowest BCUT2D eigenvalue weighted by Crippen LogP contribution is -2.24. The normalized spacial score (nSPS) is 10.9. The summed E-state index contributed by atoms with van der Waals surface area (Å²) in [5, 5.41) is 3.81. The number of furan rings is 1. The predicted molar refractivity (Wildman–Crippen MR) is 91.3 cm³/mol. The Kier molecular flexibility index (Phi) is 5.79. The summed E-state index contributed by atoms with van der Waals surface area (Å²) in [4.78, 5) is 11.7. The lowest BCUT2D eigenvalue weighted by molar-refractivity contribution is -0.123. The van der Waals surface area contributed by atoms with Gasteiger partial charge in [-0.1, -0.05) is 18.2 Å². The molecule has 1 amide bonds. The molecule has 0 bridgehead atoms. The second-order valence-electron chi connectivity index (χ2n) is 4.57. The molecule has 0 saturated carbocycles. The molecule has 5 nitrogen and oxygen atoms in total. The van der Waals surface area contributed by atoms with Crippen LogP contribution in [-0.2, 0) is 4.79 Å². The molecule has 1 aromatic carbocycles. The molecule has 116 valence electrons. The number of benzene rings is 1. The number of hydrogen-bond donors (Lipinski definition) is 1. The van der Waals surface area contributed by atoms with Crippen molar-refractivity contribution in [3.05, 3.63) is 50.3 Å². The van der Waals surface area contributed by atoms with Gasteiger partial charge in [0.1, 0.15) is 11.5 Å². The average Bonchev–Trinajstić information content (AvgIpc) is 2.77. The number of carbonyl (C=O) groups is 1. The van der Waals surface area contributed by atoms with Crippen molar-refractivity contribution in [3.8, 4) is 5.75 Å². The molecule has 0 aliphatic heterocycles. The van der Waals surface area contributed by atoms with Crippen LogP contribution in [-0.4, -0.2) is 18.7 Å². The smallest absolute Gasteiger partial charge is 0.277 e. The van der Waals surface area contributed by atoms with Crippen LogP contribution >= 0.6 is 31.9 Å². The molecule has 2 rings (SSSR count). The highest BCUT2D eigenvalue weighted by molar-refractivity contribution is 9.13. The third-order valence-electron chi connectivity index (χ3n) is 2.80. The summed E-state index contributed by atoms with van der Waals surface area (Å²) in [6, 6.07) is 7.55. The first-order valence-corrected chi connectivity index (χ1v) is 8.01. The van der Waals surface area contributed by atoms with Gasteiger partial charge in [0.05, 0.1) is 10.7 Å². The molecule has 0 saturated heterocycles. The van der Waals surface area contributed by atoms with Crippen LogP contribution < -0.4 is 10.2 Å². The maximum atomic E-state index is 11.7. The van der Waals surface area contributed by atoms with Crippen LogP contribution in [0.1, 0.15) is 16.9 Å². The molecule has 1 N–H and O–H groups in total. The van der Waals surface area contributed by atoms with Crippen LogP contribution in [0.25, 0.3) is 0 Å². The zero-order chi connectivity index (χ0) is 16.1. The Balaban J connectivity index is 1.86. The first-order chi connectivity index (χ1) is 10.5. The molecular formula is C15H14Br2N2O3. The molecule has 0 aliphatic rings. The molecule has 0 unspecified atom stereocenters. The fourth-order valence-electron chi connectivity index (χ4n) is 1.79. The van der Waals surface area contributed by atoms with Crippen molar-refractivity contribution in [1.82, 2.24) is 5.43 Å². The van der Waals surface area contributed by atoms with Crippen LogP contribution in [0.4, 0.5) is 0 Å². The lowest BCUT2D eigenvalue weighted by atomic mass is 10.1. The van der Waals surface area contributed by atoms with Gasteiger partial charge < -0.3 is 9.15 Å². The quantitative estimate of drug-likeness (QED) is 0.578. The standard InChI is InChI=1S/C15H14Br2N2O3/c1-9-4-3-5-10(2)14(9)21-8-13(20)19-18-7-11-6-12(16)15(17)22-11/h3-7H,8H2,1-2H3,(H,19,20)/b18-7+. The summed E-state index contributed by atoms with van der Waals surface area (Å²) in [6.45, 7) is 3.77. The molecule has 0 fully saturated rings. The number of halogens is 2. The number of ether oxygens (including phenoxy) is 1. The number of para-hydroxylation sites is 1. The van der Waals surface area contributed by atoms with Gasteiger partial charge in [-0.15, -0.1) is 0 Å². The zero-order valence-electron chi connectivity index (χ0n) is 12.0. The van der Waals surface area contributed by atoms with Crippen LogP contribution in [0.5, 0.6) is 5.75 Å². The third kappa shape index (κ3) is 4.45. The molecule has 2 aromatic rings. The van der Waals surface area contributed by atoms with Crippen molar-refractivity contribution in [2.24, 2.45) is 5.10 Å². The number of rotatable bonds is 5. The van der Waals surface area contributed by atoms with Crippen LogP contribution in [0.2, 0.25) is 0 Å². The van der Waals surface area contributed by atoms with E-state index in [1.54, 1.807) is 6.07 Å². The molecule has 1 aromatic heterocycles. The molecule has 7 heteroatoms. The second-order valence-corrected chi connectivity index (χ2v) is 6.15. The topological polar surface area (TPSA) is 63.8 Å². The summed E-state index contributed by atoms with van der Waals surface area (Å²) < 4.78 is 12.2. The number of nitrogens with one attached hydrogen (secondary N) is 1. The fraction of sp³-hybridized carbons (Fsp3) is 0.200. The lowest BCUT2D eigenvalue weighted by Gasteiger charge is -2.10. The minimum Gasteiger partial charge on any atom is -0.483 e. The summed E-state index contributed by atoms with van der Waals surface area (Å²) >= 11 is 6.51. The minimum absolute atomic E-state index is 0.103. The van der Waals surface area contributed by atoms with E-state index in [1.165, 1.54) is 6.21 Å². The van der Waals surface area contributed by atoms with Gasteiger partial charge in [0.15, 0.2) is 11.3 Å². The van der Waals surface area contributed by atoms with Gasteiger partial charge in [-0.25, -0.2) is 5.43 Å². The number of amides is 1. The number of aryl methyl sites for hydroxylation is 2. The summed E-state index contributed by atoms with van der Waals surface area (Å²) in [5.41, 5.74) is 4.36. The molecular weight excluding hydrogens is 416 g/mol. The third-order valence-corrected chi connectivity index (χ3v) is 4.51. The number of hydrogen-bond acceptors (Lipinski definition) is 4. The van der Waals surface area contributed by atoms with Crippen LogP contribution in [0.15, 0.2) is 42.9 Å².